The number of hydrogen-bond donors (Lipinski definition) is 1. The minimum absolute atomic E-state index is 0.00599. The number of esters is 1. The molecule has 136 valence electrons. The maximum atomic E-state index is 12.7. The lowest BCUT2D eigenvalue weighted by Crippen LogP contribution is -2.39. The third-order valence-corrected chi connectivity index (χ3v) is 3.14. The van der Waals surface area contributed by atoms with E-state index >= 15 is 0 Å². The summed E-state index contributed by atoms with van der Waals surface area (Å²) in [5.74, 6) is -1.94. The first-order valence-corrected chi connectivity index (χ1v) is 7.06. The Morgan fingerprint density at radius 1 is 1.28 bits per heavy atom. The maximum Gasteiger partial charge on any atom is 0.416 e. The maximum absolute atomic E-state index is 12.7. The van der Waals surface area contributed by atoms with Gasteiger partial charge < -0.3 is 9.47 Å². The predicted molar refractivity (Wildman–Crippen MR) is 81.6 cm³/mol. The molecule has 2 amide bonds. The molecule has 1 N–H and O–H groups in total. The number of carbonyl (C=O) groups is 3. The Labute approximate surface area is 145 Å². The summed E-state index contributed by atoms with van der Waals surface area (Å²) >= 11 is 5.77. The Bertz CT molecular complexity index is 703. The fourth-order valence-electron chi connectivity index (χ4n) is 1.53. The van der Waals surface area contributed by atoms with Crippen molar-refractivity contribution in [2.75, 3.05) is 7.11 Å². The molecule has 0 aliphatic carbocycles. The molecular weight excluding hydrogens is 367 g/mol. The molecule has 0 fully saturated rings. The van der Waals surface area contributed by atoms with Gasteiger partial charge in [-0.05, 0) is 36.8 Å². The van der Waals surface area contributed by atoms with Gasteiger partial charge >= 0.3 is 18.2 Å². The molecule has 0 aliphatic rings. The van der Waals surface area contributed by atoms with Gasteiger partial charge in [-0.1, -0.05) is 11.6 Å². The lowest BCUT2D eigenvalue weighted by atomic mass is 10.1. The van der Waals surface area contributed by atoms with Crippen molar-refractivity contribution < 1.29 is 37.0 Å². The number of nitrogens with one attached hydrogen (secondary N) is 1. The fourth-order valence-corrected chi connectivity index (χ4v) is 1.71. The standard InChI is InChI=1S/C15H13ClF3NO5/c1-8(13(22)20-14(23)24-2)25-12(21)6-3-9-7-10(15(17,18)19)4-5-11(9)16/h3-8H,1-2H3,(H,20,22,23)/b6-3+/t8-/m1/s1. The van der Waals surface area contributed by atoms with Gasteiger partial charge in [0.15, 0.2) is 6.10 Å². The molecule has 0 bridgehead atoms. The molecule has 0 aliphatic heterocycles. The van der Waals surface area contributed by atoms with Crippen molar-refractivity contribution in [2.45, 2.75) is 19.2 Å². The number of rotatable bonds is 4. The first-order valence-electron chi connectivity index (χ1n) is 6.69. The third-order valence-electron chi connectivity index (χ3n) is 2.80. The van der Waals surface area contributed by atoms with Crippen molar-refractivity contribution in [2.24, 2.45) is 0 Å². The number of halogens is 4. The fraction of sp³-hybridized carbons (Fsp3) is 0.267. The molecule has 0 unspecified atom stereocenters. The number of benzene rings is 1. The topological polar surface area (TPSA) is 81.7 Å². The van der Waals surface area contributed by atoms with Crippen LogP contribution in [0.4, 0.5) is 18.0 Å². The number of hydrogen-bond acceptors (Lipinski definition) is 5. The molecule has 0 aromatic heterocycles. The summed E-state index contributed by atoms with van der Waals surface area (Å²) in [5, 5.41) is 1.79. The molecule has 0 saturated heterocycles. The van der Waals surface area contributed by atoms with Crippen LogP contribution in [0.3, 0.4) is 0 Å². The Morgan fingerprint density at radius 2 is 1.92 bits per heavy atom. The average molecular weight is 380 g/mol. The van der Waals surface area contributed by atoms with E-state index in [2.05, 4.69) is 4.74 Å². The van der Waals surface area contributed by atoms with Crippen molar-refractivity contribution in [3.8, 4) is 0 Å². The second-order valence-electron chi connectivity index (χ2n) is 4.63. The highest BCUT2D eigenvalue weighted by atomic mass is 35.5. The third kappa shape index (κ3) is 6.46. The van der Waals surface area contributed by atoms with Gasteiger partial charge in [-0.25, -0.2) is 9.59 Å². The number of alkyl halides is 3. The smallest absolute Gasteiger partial charge is 0.416 e. The minimum atomic E-state index is -4.56. The Hall–Kier alpha value is -2.55. The van der Waals surface area contributed by atoms with Crippen LogP contribution in [0.15, 0.2) is 24.3 Å². The molecule has 0 saturated carbocycles. The van der Waals surface area contributed by atoms with E-state index in [9.17, 15) is 27.6 Å². The van der Waals surface area contributed by atoms with Crippen LogP contribution in [0.25, 0.3) is 6.08 Å². The highest BCUT2D eigenvalue weighted by Gasteiger charge is 2.30. The average Bonchev–Trinajstić information content (AvgIpc) is 2.52. The number of ether oxygens (including phenoxy) is 2. The molecule has 1 aromatic rings. The SMILES string of the molecule is COC(=O)NC(=O)[C@@H](C)OC(=O)/C=C/c1cc(C(F)(F)F)ccc1Cl. The molecule has 0 spiro atoms. The summed E-state index contributed by atoms with van der Waals surface area (Å²) in [7, 11) is 1.04. The molecule has 25 heavy (non-hydrogen) atoms. The summed E-state index contributed by atoms with van der Waals surface area (Å²) in [5.41, 5.74) is -0.990. The Kier molecular flexibility index (Phi) is 6.98. The van der Waals surface area contributed by atoms with Crippen LogP contribution in [-0.4, -0.2) is 31.2 Å². The van der Waals surface area contributed by atoms with E-state index in [1.54, 1.807) is 5.32 Å². The van der Waals surface area contributed by atoms with Gasteiger partial charge in [0.25, 0.3) is 5.91 Å². The molecule has 1 atom stereocenters. The van der Waals surface area contributed by atoms with Gasteiger partial charge in [0.1, 0.15) is 0 Å². The molecule has 0 radical (unpaired) electrons. The van der Waals surface area contributed by atoms with Crippen LogP contribution in [0, 0.1) is 0 Å². The van der Waals surface area contributed by atoms with Gasteiger partial charge in [-0.2, -0.15) is 13.2 Å². The molecule has 0 heterocycles. The quantitative estimate of drug-likeness (QED) is 0.642. The first-order chi connectivity index (χ1) is 11.5. The van der Waals surface area contributed by atoms with Crippen LogP contribution in [0.1, 0.15) is 18.1 Å². The lowest BCUT2D eigenvalue weighted by molar-refractivity contribution is -0.149. The molecule has 1 rings (SSSR count). The molecule has 6 nitrogen and oxygen atoms in total. The van der Waals surface area contributed by atoms with Crippen molar-refractivity contribution in [1.29, 1.82) is 0 Å². The van der Waals surface area contributed by atoms with Crippen LogP contribution in [-0.2, 0) is 25.2 Å². The van der Waals surface area contributed by atoms with E-state index in [1.165, 1.54) is 6.92 Å². The summed E-state index contributed by atoms with van der Waals surface area (Å²) in [6, 6.07) is 2.61. The van der Waals surface area contributed by atoms with E-state index in [4.69, 9.17) is 16.3 Å². The van der Waals surface area contributed by atoms with Crippen molar-refractivity contribution >= 4 is 35.6 Å². The molecule has 10 heteroatoms. The Morgan fingerprint density at radius 3 is 2.48 bits per heavy atom. The van der Waals surface area contributed by atoms with Crippen molar-refractivity contribution in [1.82, 2.24) is 5.32 Å². The summed E-state index contributed by atoms with van der Waals surface area (Å²) in [4.78, 5) is 33.9. The zero-order chi connectivity index (χ0) is 19.2. The zero-order valence-electron chi connectivity index (χ0n) is 13.0. The van der Waals surface area contributed by atoms with Crippen LogP contribution >= 0.6 is 11.6 Å². The van der Waals surface area contributed by atoms with Gasteiger partial charge in [0, 0.05) is 11.1 Å². The van der Waals surface area contributed by atoms with Crippen LogP contribution in [0.5, 0.6) is 0 Å². The van der Waals surface area contributed by atoms with Crippen LogP contribution in [0.2, 0.25) is 5.02 Å². The molecular formula is C15H13ClF3NO5. The molecule has 1 aromatic carbocycles. The number of carbonyl (C=O) groups excluding carboxylic acids is 3. The van der Waals surface area contributed by atoms with Gasteiger partial charge in [-0.15, -0.1) is 0 Å². The van der Waals surface area contributed by atoms with Gasteiger partial charge in [-0.3, -0.25) is 10.1 Å². The summed E-state index contributed by atoms with van der Waals surface area (Å²) in [6.07, 6.45) is -5.09. The highest BCUT2D eigenvalue weighted by molar-refractivity contribution is 6.32. The zero-order valence-corrected chi connectivity index (χ0v) is 13.8. The number of amides is 2. The van der Waals surface area contributed by atoms with Crippen molar-refractivity contribution in [3.63, 3.8) is 0 Å². The number of methoxy groups -OCH3 is 1. The Balaban J connectivity index is 2.77. The largest absolute Gasteiger partial charge is 0.453 e. The summed E-state index contributed by atoms with van der Waals surface area (Å²) < 4.78 is 46.9. The number of imide groups is 1. The second-order valence-corrected chi connectivity index (χ2v) is 5.03. The highest BCUT2D eigenvalue weighted by Crippen LogP contribution is 2.32. The van der Waals surface area contributed by atoms with E-state index in [1.807, 2.05) is 0 Å². The van der Waals surface area contributed by atoms with Gasteiger partial charge in [0.05, 0.1) is 12.7 Å². The monoisotopic (exact) mass is 379 g/mol. The van der Waals surface area contributed by atoms with E-state index in [-0.39, 0.29) is 10.6 Å². The van der Waals surface area contributed by atoms with Gasteiger partial charge in [0.2, 0.25) is 0 Å². The van der Waals surface area contributed by atoms with Crippen molar-refractivity contribution in [3.05, 3.63) is 40.4 Å². The first kappa shape index (κ1) is 20.5. The van der Waals surface area contributed by atoms with Crippen LogP contribution < -0.4 is 5.32 Å². The van der Waals surface area contributed by atoms with E-state index in [0.29, 0.717) is 0 Å². The predicted octanol–water partition coefficient (Wildman–Crippen LogP) is 3.19. The lowest BCUT2D eigenvalue weighted by Gasteiger charge is -2.11. The van der Waals surface area contributed by atoms with E-state index in [0.717, 1.165) is 37.5 Å². The normalized spacial score (nSPS) is 12.6. The van der Waals surface area contributed by atoms with E-state index < -0.39 is 35.8 Å². The minimum Gasteiger partial charge on any atom is -0.453 e. The summed E-state index contributed by atoms with van der Waals surface area (Å²) in [6.45, 7) is 1.20. The number of alkyl carbamates (subject to hydrolysis) is 1. The second kappa shape index (κ2) is 8.52.